The van der Waals surface area contributed by atoms with E-state index in [1.165, 1.54) is 0 Å². The van der Waals surface area contributed by atoms with Crippen LogP contribution in [0, 0.1) is 13.8 Å². The van der Waals surface area contributed by atoms with Gasteiger partial charge in [-0.3, -0.25) is 9.97 Å². The molecule has 4 aromatic rings. The fourth-order valence-electron chi connectivity index (χ4n) is 2.11. The maximum absolute atomic E-state index is 10.4. The van der Waals surface area contributed by atoms with Gasteiger partial charge in [-0.2, -0.15) is 0 Å². The molecule has 0 bridgehead atoms. The van der Waals surface area contributed by atoms with Crippen molar-refractivity contribution in [3.63, 3.8) is 0 Å². The average Bonchev–Trinajstić information content (AvgIpc) is 2.80. The van der Waals surface area contributed by atoms with Gasteiger partial charge in [-0.25, -0.2) is 0 Å². The molecule has 0 fully saturated rings. The van der Waals surface area contributed by atoms with E-state index >= 15 is 0 Å². The van der Waals surface area contributed by atoms with Crippen molar-refractivity contribution in [1.82, 2.24) is 9.97 Å². The predicted molar refractivity (Wildman–Crippen MR) is 130 cm³/mol. The van der Waals surface area contributed by atoms with Gasteiger partial charge in [0.05, 0.1) is 11.4 Å². The van der Waals surface area contributed by atoms with Gasteiger partial charge in [0.2, 0.25) is 0 Å². The first-order valence-electron chi connectivity index (χ1n) is 9.50. The standard InChI is InChI=1S/C10H8N2.2C7H8O.CHCl3.Pt/c1-3-7-11-9(5-1)10-6-2-4-8-12-10;2*1-6-2-4-7(8)5-3-6;2-1(3)4;/h1-8H;2*2-5,8H,1H3;1H;/q;;;;+2/p-2. The van der Waals surface area contributed by atoms with Crippen LogP contribution in [0.2, 0.25) is 0 Å². The van der Waals surface area contributed by atoms with Gasteiger partial charge < -0.3 is 10.2 Å². The molecule has 4 rings (SSSR count). The summed E-state index contributed by atoms with van der Waals surface area (Å²) in [5.74, 6) is 0.159. The third-order valence-corrected chi connectivity index (χ3v) is 3.63. The number of aromatic nitrogens is 2. The smallest absolute Gasteiger partial charge is 0.872 e. The molecular weight excluding hydrogens is 662 g/mol. The zero-order valence-electron chi connectivity index (χ0n) is 18.0. The van der Waals surface area contributed by atoms with E-state index in [2.05, 4.69) is 9.97 Å². The molecule has 0 N–H and O–H groups in total. The van der Waals surface area contributed by atoms with Gasteiger partial charge in [-0.15, -0.1) is 11.5 Å². The van der Waals surface area contributed by atoms with Gasteiger partial charge in [0.25, 0.3) is 0 Å². The summed E-state index contributed by atoms with van der Waals surface area (Å²) < 4.78 is -0.750. The Kier molecular flexibility index (Phi) is 17.2. The van der Waals surface area contributed by atoms with E-state index in [9.17, 15) is 10.2 Å². The molecular formula is C25H23Cl3N2O2Pt. The summed E-state index contributed by atoms with van der Waals surface area (Å²) in [4.78, 5) is 8.37. The Morgan fingerprint density at radius 1 is 0.576 bits per heavy atom. The maximum Gasteiger partial charge on any atom is 2.00 e. The number of hydrogen-bond acceptors (Lipinski definition) is 4. The zero-order valence-corrected chi connectivity index (χ0v) is 22.5. The summed E-state index contributed by atoms with van der Waals surface area (Å²) in [6.45, 7) is 3.92. The Hall–Kier alpha value is -2.10. The minimum Gasteiger partial charge on any atom is -0.872 e. The monoisotopic (exact) mass is 683 g/mol. The van der Waals surface area contributed by atoms with Crippen molar-refractivity contribution >= 4 is 34.8 Å². The second-order valence-electron chi connectivity index (χ2n) is 6.30. The molecule has 0 unspecified atom stereocenters. The molecule has 0 saturated carbocycles. The van der Waals surface area contributed by atoms with E-state index in [1.54, 1.807) is 36.7 Å². The Morgan fingerprint density at radius 2 is 0.879 bits per heavy atom. The van der Waals surface area contributed by atoms with Crippen molar-refractivity contribution in [3.05, 3.63) is 108 Å². The van der Waals surface area contributed by atoms with E-state index in [4.69, 9.17) is 34.8 Å². The summed E-state index contributed by atoms with van der Waals surface area (Å²) in [7, 11) is 0. The Balaban J connectivity index is 0.000000436. The van der Waals surface area contributed by atoms with Crippen LogP contribution >= 0.6 is 34.8 Å². The van der Waals surface area contributed by atoms with E-state index in [1.807, 2.05) is 74.5 Å². The molecule has 0 amide bonds. The van der Waals surface area contributed by atoms with Crippen LogP contribution in [0.5, 0.6) is 11.5 Å². The number of benzene rings is 2. The van der Waals surface area contributed by atoms with Gasteiger partial charge >= 0.3 is 21.1 Å². The number of hydrogen-bond donors (Lipinski definition) is 0. The molecule has 176 valence electrons. The maximum atomic E-state index is 10.4. The molecule has 2 aromatic carbocycles. The topological polar surface area (TPSA) is 71.9 Å². The Morgan fingerprint density at radius 3 is 1.09 bits per heavy atom. The second kappa shape index (κ2) is 18.3. The first-order valence-corrected chi connectivity index (χ1v) is 10.8. The van der Waals surface area contributed by atoms with E-state index in [-0.39, 0.29) is 32.6 Å². The third-order valence-electron chi connectivity index (χ3n) is 3.63. The quantitative estimate of drug-likeness (QED) is 0.222. The van der Waals surface area contributed by atoms with E-state index in [0.717, 1.165) is 22.5 Å². The van der Waals surface area contributed by atoms with Crippen molar-refractivity contribution in [2.75, 3.05) is 0 Å². The molecule has 0 atom stereocenters. The van der Waals surface area contributed by atoms with Crippen LogP contribution in [-0.2, 0) is 21.1 Å². The van der Waals surface area contributed by atoms with Crippen LogP contribution in [0.4, 0.5) is 0 Å². The molecule has 8 heteroatoms. The Bertz CT molecular complexity index is 864. The molecule has 4 nitrogen and oxygen atoms in total. The molecule has 0 aliphatic carbocycles. The SMILES string of the molecule is Cc1ccc([O-])cc1.Cc1ccc([O-])cc1.ClC(Cl)Cl.[Pt+2].c1ccc(-c2ccccn2)nc1. The van der Waals surface area contributed by atoms with Crippen LogP contribution < -0.4 is 10.2 Å². The molecule has 0 spiro atoms. The van der Waals surface area contributed by atoms with Crippen molar-refractivity contribution in [1.29, 1.82) is 0 Å². The fourth-order valence-corrected chi connectivity index (χ4v) is 2.11. The number of aryl methyl sites for hydroxylation is 2. The van der Waals surface area contributed by atoms with Gasteiger partial charge in [0.15, 0.2) is 4.30 Å². The van der Waals surface area contributed by atoms with Crippen molar-refractivity contribution in [2.45, 2.75) is 18.1 Å². The van der Waals surface area contributed by atoms with E-state index in [0.29, 0.717) is 0 Å². The molecule has 2 heterocycles. The molecule has 2 aromatic heterocycles. The molecule has 33 heavy (non-hydrogen) atoms. The number of rotatable bonds is 1. The minimum absolute atomic E-state index is 0. The van der Waals surface area contributed by atoms with Crippen LogP contribution in [-0.4, -0.2) is 14.3 Å². The van der Waals surface area contributed by atoms with Crippen LogP contribution in [0.1, 0.15) is 11.1 Å². The van der Waals surface area contributed by atoms with Gasteiger partial charge in [-0.1, -0.05) is 107 Å². The largest absolute Gasteiger partial charge is 2.00 e. The summed E-state index contributed by atoms with van der Waals surface area (Å²) in [5, 5.41) is 20.8. The summed E-state index contributed by atoms with van der Waals surface area (Å²) in [6, 6.07) is 25.1. The minimum atomic E-state index is -0.750. The van der Waals surface area contributed by atoms with Crippen molar-refractivity contribution < 1.29 is 31.3 Å². The van der Waals surface area contributed by atoms with E-state index < -0.39 is 4.30 Å². The number of alkyl halides is 3. The second-order valence-corrected chi connectivity index (χ2v) is 8.28. The zero-order chi connectivity index (χ0) is 23.8. The number of pyridine rings is 2. The number of nitrogens with zero attached hydrogens (tertiary/aromatic N) is 2. The molecule has 0 radical (unpaired) electrons. The van der Waals surface area contributed by atoms with Crippen LogP contribution in [0.25, 0.3) is 11.4 Å². The fraction of sp³-hybridized carbons (Fsp3) is 0.120. The summed E-state index contributed by atoms with van der Waals surface area (Å²) in [6.07, 6.45) is 3.54. The molecule has 0 aliphatic rings. The van der Waals surface area contributed by atoms with Crippen LogP contribution in [0.15, 0.2) is 97.3 Å². The first-order chi connectivity index (χ1) is 15.3. The number of halogens is 3. The average molecular weight is 685 g/mol. The van der Waals surface area contributed by atoms with Gasteiger partial charge in [0.1, 0.15) is 0 Å². The summed E-state index contributed by atoms with van der Waals surface area (Å²) >= 11 is 14.4. The third kappa shape index (κ3) is 16.2. The molecule has 0 saturated heterocycles. The Labute approximate surface area is 224 Å². The first kappa shape index (κ1) is 30.9. The normalized spacial score (nSPS) is 9.03. The van der Waals surface area contributed by atoms with Gasteiger partial charge in [-0.05, 0) is 38.1 Å². The van der Waals surface area contributed by atoms with Crippen molar-refractivity contribution in [2.24, 2.45) is 0 Å². The summed E-state index contributed by atoms with van der Waals surface area (Å²) in [5.41, 5.74) is 4.09. The predicted octanol–water partition coefficient (Wildman–Crippen LogP) is 6.26. The van der Waals surface area contributed by atoms with Crippen molar-refractivity contribution in [3.8, 4) is 22.9 Å². The molecule has 0 aliphatic heterocycles. The van der Waals surface area contributed by atoms with Crippen LogP contribution in [0.3, 0.4) is 0 Å². The van der Waals surface area contributed by atoms with Gasteiger partial charge in [0, 0.05) is 12.4 Å².